The topological polar surface area (TPSA) is 92.9 Å². The lowest BCUT2D eigenvalue weighted by Crippen LogP contribution is -2.38. The molecule has 6 nitrogen and oxygen atoms in total. The average Bonchev–Trinajstić information content (AvgIpc) is 2.45. The quantitative estimate of drug-likeness (QED) is 0.773. The normalized spacial score (nSPS) is 22.2. The zero-order valence-corrected chi connectivity index (χ0v) is 12.9. The Balaban J connectivity index is 2.30. The van der Waals surface area contributed by atoms with Crippen molar-refractivity contribution in [3.05, 3.63) is 20.8 Å². The number of rotatable bonds is 5. The van der Waals surface area contributed by atoms with Crippen LogP contribution in [0.15, 0.2) is 9.59 Å². The first-order valence-corrected chi connectivity index (χ1v) is 7.93. The molecule has 118 valence electrons. The molecule has 0 aromatic carbocycles. The number of hydrogen-bond donors (Lipinski definition) is 3. The Morgan fingerprint density at radius 3 is 2.71 bits per heavy atom. The number of nitrogens with one attached hydrogen (secondary N) is 2. The summed E-state index contributed by atoms with van der Waals surface area (Å²) < 4.78 is 1.46. The molecule has 1 saturated carbocycles. The number of nitrogens with zero attached hydrogens (tertiary/aromatic N) is 1. The summed E-state index contributed by atoms with van der Waals surface area (Å²) in [5.74, 6) is 0.767. The molecule has 0 spiro atoms. The minimum Gasteiger partial charge on any atom is -0.383 e. The Bertz CT molecular complexity index is 590. The average molecular weight is 294 g/mol. The van der Waals surface area contributed by atoms with Crippen molar-refractivity contribution >= 4 is 11.5 Å². The van der Waals surface area contributed by atoms with Crippen LogP contribution >= 0.6 is 0 Å². The van der Waals surface area contributed by atoms with Gasteiger partial charge >= 0.3 is 5.69 Å². The molecule has 1 aromatic heterocycles. The lowest BCUT2D eigenvalue weighted by Gasteiger charge is -2.30. The molecule has 0 saturated heterocycles. The summed E-state index contributed by atoms with van der Waals surface area (Å²) in [6, 6.07) is 0.249. The minimum absolute atomic E-state index is 0.249. The smallest absolute Gasteiger partial charge is 0.330 e. The number of aromatic amines is 1. The third kappa shape index (κ3) is 3.49. The monoisotopic (exact) mass is 294 g/mol. The first kappa shape index (κ1) is 15.7. The molecule has 1 aliphatic carbocycles. The van der Waals surface area contributed by atoms with Gasteiger partial charge in [0.15, 0.2) is 0 Å². The minimum atomic E-state index is -0.423. The van der Waals surface area contributed by atoms with Gasteiger partial charge < -0.3 is 11.1 Å². The third-order valence-corrected chi connectivity index (χ3v) is 4.42. The molecular formula is C15H26N4O2. The van der Waals surface area contributed by atoms with E-state index in [-0.39, 0.29) is 11.9 Å². The molecule has 21 heavy (non-hydrogen) atoms. The maximum Gasteiger partial charge on any atom is 0.330 e. The molecule has 4 N–H and O–H groups in total. The number of aromatic nitrogens is 2. The molecule has 0 aliphatic heterocycles. The van der Waals surface area contributed by atoms with E-state index in [1.807, 2.05) is 0 Å². The van der Waals surface area contributed by atoms with Crippen molar-refractivity contribution in [3.8, 4) is 0 Å². The SMILES string of the molecule is CCCCn1c(N)c(NC2CCCCC2C)c(=O)[nH]c1=O. The van der Waals surface area contributed by atoms with Gasteiger partial charge in [0.1, 0.15) is 11.5 Å². The Morgan fingerprint density at radius 1 is 1.33 bits per heavy atom. The summed E-state index contributed by atoms with van der Waals surface area (Å²) in [6.07, 6.45) is 6.42. The summed E-state index contributed by atoms with van der Waals surface area (Å²) in [5, 5.41) is 3.28. The largest absolute Gasteiger partial charge is 0.383 e. The van der Waals surface area contributed by atoms with E-state index in [0.29, 0.717) is 18.2 Å². The maximum absolute atomic E-state index is 12.1. The van der Waals surface area contributed by atoms with Crippen molar-refractivity contribution in [2.75, 3.05) is 11.1 Å². The van der Waals surface area contributed by atoms with Crippen LogP contribution in [0.4, 0.5) is 11.5 Å². The van der Waals surface area contributed by atoms with Crippen LogP contribution < -0.4 is 22.3 Å². The van der Waals surface area contributed by atoms with E-state index in [1.54, 1.807) is 0 Å². The van der Waals surface area contributed by atoms with Crippen LogP contribution in [0.5, 0.6) is 0 Å². The Hall–Kier alpha value is -1.72. The van der Waals surface area contributed by atoms with Gasteiger partial charge in [-0.25, -0.2) is 4.79 Å². The summed E-state index contributed by atoms with van der Waals surface area (Å²) in [6.45, 7) is 4.77. The number of unbranched alkanes of at least 4 members (excludes halogenated alkanes) is 1. The van der Waals surface area contributed by atoms with Gasteiger partial charge in [0.05, 0.1) is 0 Å². The van der Waals surface area contributed by atoms with Crippen LogP contribution in [0.25, 0.3) is 0 Å². The molecule has 1 aromatic rings. The molecule has 2 rings (SSSR count). The lowest BCUT2D eigenvalue weighted by molar-refractivity contribution is 0.349. The van der Waals surface area contributed by atoms with Crippen molar-refractivity contribution in [3.63, 3.8) is 0 Å². The number of hydrogen-bond acceptors (Lipinski definition) is 4. The summed E-state index contributed by atoms with van der Waals surface area (Å²) in [4.78, 5) is 26.3. The van der Waals surface area contributed by atoms with E-state index in [0.717, 1.165) is 32.1 Å². The van der Waals surface area contributed by atoms with Gasteiger partial charge in [-0.3, -0.25) is 14.3 Å². The molecule has 6 heteroatoms. The van der Waals surface area contributed by atoms with Gasteiger partial charge in [-0.05, 0) is 25.2 Å². The summed E-state index contributed by atoms with van der Waals surface area (Å²) in [7, 11) is 0. The fraction of sp³-hybridized carbons (Fsp3) is 0.733. The highest BCUT2D eigenvalue weighted by Gasteiger charge is 2.23. The predicted octanol–water partition coefficient (Wildman–Crippen LogP) is 1.91. The predicted molar refractivity (Wildman–Crippen MR) is 85.7 cm³/mol. The first-order valence-electron chi connectivity index (χ1n) is 7.93. The van der Waals surface area contributed by atoms with Crippen LogP contribution in [0, 0.1) is 5.92 Å². The van der Waals surface area contributed by atoms with Crippen LogP contribution in [-0.4, -0.2) is 15.6 Å². The molecule has 0 radical (unpaired) electrons. The highest BCUT2D eigenvalue weighted by molar-refractivity contribution is 5.61. The second kappa shape index (κ2) is 6.83. The molecule has 0 bridgehead atoms. The number of H-pyrrole nitrogens is 1. The van der Waals surface area contributed by atoms with Gasteiger partial charge in [-0.1, -0.05) is 33.1 Å². The highest BCUT2D eigenvalue weighted by atomic mass is 16.2. The van der Waals surface area contributed by atoms with Crippen LogP contribution in [-0.2, 0) is 6.54 Å². The zero-order valence-electron chi connectivity index (χ0n) is 12.9. The standard InChI is InChI=1S/C15H26N4O2/c1-3-4-9-19-13(16)12(14(20)18-15(19)21)17-11-8-6-5-7-10(11)2/h10-11,17H,3-9,16H2,1-2H3,(H,18,20,21). The first-order chi connectivity index (χ1) is 10.0. The van der Waals surface area contributed by atoms with Crippen molar-refractivity contribution in [1.82, 2.24) is 9.55 Å². The Morgan fingerprint density at radius 2 is 2.05 bits per heavy atom. The van der Waals surface area contributed by atoms with Gasteiger partial charge in [0.25, 0.3) is 5.56 Å². The van der Waals surface area contributed by atoms with Crippen LogP contribution in [0.2, 0.25) is 0 Å². The zero-order chi connectivity index (χ0) is 15.4. The molecule has 1 aliphatic rings. The molecular weight excluding hydrogens is 268 g/mol. The van der Waals surface area contributed by atoms with E-state index < -0.39 is 11.2 Å². The van der Waals surface area contributed by atoms with Crippen molar-refractivity contribution in [2.45, 2.75) is 65.0 Å². The van der Waals surface area contributed by atoms with Gasteiger partial charge in [-0.2, -0.15) is 0 Å². The van der Waals surface area contributed by atoms with Gasteiger partial charge in [0, 0.05) is 12.6 Å². The number of anilines is 2. The summed E-state index contributed by atoms with van der Waals surface area (Å²) in [5.41, 5.74) is 5.58. The lowest BCUT2D eigenvalue weighted by atomic mass is 9.86. The fourth-order valence-corrected chi connectivity index (χ4v) is 2.98. The van der Waals surface area contributed by atoms with E-state index in [9.17, 15) is 9.59 Å². The fourth-order valence-electron chi connectivity index (χ4n) is 2.98. The maximum atomic E-state index is 12.1. The Labute approximate surface area is 124 Å². The van der Waals surface area contributed by atoms with E-state index in [2.05, 4.69) is 24.1 Å². The van der Waals surface area contributed by atoms with E-state index in [4.69, 9.17) is 5.73 Å². The van der Waals surface area contributed by atoms with Crippen LogP contribution in [0.1, 0.15) is 52.4 Å². The highest BCUT2D eigenvalue weighted by Crippen LogP contribution is 2.27. The Kier molecular flexibility index (Phi) is 5.09. The second-order valence-electron chi connectivity index (χ2n) is 6.04. The third-order valence-electron chi connectivity index (χ3n) is 4.42. The van der Waals surface area contributed by atoms with Crippen LogP contribution in [0.3, 0.4) is 0 Å². The van der Waals surface area contributed by atoms with E-state index >= 15 is 0 Å². The molecule has 0 amide bonds. The molecule has 2 atom stereocenters. The van der Waals surface area contributed by atoms with Gasteiger partial charge in [0.2, 0.25) is 0 Å². The second-order valence-corrected chi connectivity index (χ2v) is 6.04. The van der Waals surface area contributed by atoms with Crippen molar-refractivity contribution < 1.29 is 0 Å². The van der Waals surface area contributed by atoms with Crippen molar-refractivity contribution in [2.24, 2.45) is 5.92 Å². The van der Waals surface area contributed by atoms with Crippen molar-refractivity contribution in [1.29, 1.82) is 0 Å². The number of nitrogens with two attached hydrogens (primary N) is 1. The molecule has 2 unspecified atom stereocenters. The van der Waals surface area contributed by atoms with Gasteiger partial charge in [-0.15, -0.1) is 0 Å². The molecule has 1 heterocycles. The number of nitrogen functional groups attached to an aromatic ring is 1. The summed E-state index contributed by atoms with van der Waals surface area (Å²) >= 11 is 0. The van der Waals surface area contributed by atoms with E-state index in [1.165, 1.54) is 11.0 Å². The molecule has 1 fully saturated rings.